The third kappa shape index (κ3) is 8.47. The molecule has 0 aliphatic carbocycles. The Balaban J connectivity index is 0.00000364. The van der Waals surface area contributed by atoms with Crippen LogP contribution in [0, 0.1) is 5.92 Å². The van der Waals surface area contributed by atoms with Crippen molar-refractivity contribution in [2.75, 3.05) is 13.7 Å². The van der Waals surface area contributed by atoms with Gasteiger partial charge in [-0.1, -0.05) is 39.8 Å². The maximum absolute atomic E-state index is 5.71. The molecule has 150 valence electrons. The van der Waals surface area contributed by atoms with Gasteiger partial charge in [0.15, 0.2) is 5.96 Å². The molecule has 0 aliphatic heterocycles. The van der Waals surface area contributed by atoms with Gasteiger partial charge in [-0.05, 0) is 29.5 Å². The van der Waals surface area contributed by atoms with Crippen LogP contribution >= 0.6 is 35.3 Å². The fourth-order valence-electron chi connectivity index (χ4n) is 2.20. The smallest absolute Gasteiger partial charge is 0.191 e. The lowest BCUT2D eigenvalue weighted by Gasteiger charge is -2.12. The summed E-state index contributed by atoms with van der Waals surface area (Å²) >= 11 is 1.68. The molecular formula is C20H31IN4OS. The van der Waals surface area contributed by atoms with Gasteiger partial charge >= 0.3 is 0 Å². The number of hydrogen-bond donors (Lipinski definition) is 2. The Morgan fingerprint density at radius 3 is 2.33 bits per heavy atom. The van der Waals surface area contributed by atoms with Gasteiger partial charge in [0.1, 0.15) is 10.8 Å². The molecule has 0 fully saturated rings. The van der Waals surface area contributed by atoms with Crippen molar-refractivity contribution in [1.82, 2.24) is 15.6 Å². The molecule has 0 spiro atoms. The van der Waals surface area contributed by atoms with Gasteiger partial charge in [-0.3, -0.25) is 4.99 Å². The van der Waals surface area contributed by atoms with Crippen LogP contribution in [0.5, 0.6) is 5.75 Å². The van der Waals surface area contributed by atoms with Gasteiger partial charge in [-0.25, -0.2) is 4.98 Å². The summed E-state index contributed by atoms with van der Waals surface area (Å²) in [5, 5.41) is 9.84. The number of guanidine groups is 1. The number of aromatic nitrogens is 1. The summed E-state index contributed by atoms with van der Waals surface area (Å²) < 4.78 is 5.71. The summed E-state index contributed by atoms with van der Waals surface area (Å²) in [5.41, 5.74) is 2.33. The Labute approximate surface area is 184 Å². The lowest BCUT2D eigenvalue weighted by Crippen LogP contribution is -2.36. The quantitative estimate of drug-likeness (QED) is 0.310. The molecule has 0 bridgehead atoms. The molecule has 0 saturated heterocycles. The van der Waals surface area contributed by atoms with Crippen LogP contribution in [0.25, 0.3) is 0 Å². The molecule has 0 amide bonds. The number of nitrogens with one attached hydrogen (secondary N) is 2. The minimum atomic E-state index is 0. The predicted molar refractivity (Wildman–Crippen MR) is 125 cm³/mol. The second-order valence-corrected chi connectivity index (χ2v) is 7.89. The number of rotatable bonds is 8. The third-order valence-electron chi connectivity index (χ3n) is 3.76. The zero-order valence-corrected chi connectivity index (χ0v) is 19.9. The van der Waals surface area contributed by atoms with Gasteiger partial charge in [0.2, 0.25) is 0 Å². The SMILES string of the molecule is CN=C(NCc1ccc(OCC(C)C)cc1)NCc1nc(C(C)C)cs1.I. The van der Waals surface area contributed by atoms with Crippen molar-refractivity contribution in [2.24, 2.45) is 10.9 Å². The molecule has 2 aromatic rings. The summed E-state index contributed by atoms with van der Waals surface area (Å²) in [6, 6.07) is 8.18. The van der Waals surface area contributed by atoms with Crippen molar-refractivity contribution in [3.05, 3.63) is 45.9 Å². The molecule has 1 heterocycles. The van der Waals surface area contributed by atoms with E-state index in [0.717, 1.165) is 29.0 Å². The van der Waals surface area contributed by atoms with Crippen LogP contribution in [0.4, 0.5) is 0 Å². The van der Waals surface area contributed by atoms with E-state index in [9.17, 15) is 0 Å². The lowest BCUT2D eigenvalue weighted by atomic mass is 10.2. The van der Waals surface area contributed by atoms with E-state index < -0.39 is 0 Å². The lowest BCUT2D eigenvalue weighted by molar-refractivity contribution is 0.271. The molecule has 2 rings (SSSR count). The Morgan fingerprint density at radius 1 is 1.11 bits per heavy atom. The molecular weight excluding hydrogens is 471 g/mol. The minimum absolute atomic E-state index is 0. The van der Waals surface area contributed by atoms with Crippen LogP contribution in [0.15, 0.2) is 34.6 Å². The van der Waals surface area contributed by atoms with Crippen molar-refractivity contribution < 1.29 is 4.74 Å². The molecule has 0 atom stereocenters. The van der Waals surface area contributed by atoms with Crippen LogP contribution in [0.3, 0.4) is 0 Å². The maximum Gasteiger partial charge on any atom is 0.191 e. The van der Waals surface area contributed by atoms with E-state index in [1.165, 1.54) is 5.56 Å². The fourth-order valence-corrected chi connectivity index (χ4v) is 3.10. The summed E-state index contributed by atoms with van der Waals surface area (Å²) in [6.07, 6.45) is 0. The summed E-state index contributed by atoms with van der Waals surface area (Å²) in [6.45, 7) is 10.7. The number of hydrogen-bond acceptors (Lipinski definition) is 4. The summed E-state index contributed by atoms with van der Waals surface area (Å²) in [7, 11) is 1.78. The van der Waals surface area contributed by atoms with E-state index in [2.05, 4.69) is 65.8 Å². The number of aliphatic imine (C=N–C) groups is 1. The van der Waals surface area contributed by atoms with Crippen molar-refractivity contribution in [1.29, 1.82) is 0 Å². The second-order valence-electron chi connectivity index (χ2n) is 6.95. The van der Waals surface area contributed by atoms with Crippen LogP contribution in [0.2, 0.25) is 0 Å². The third-order valence-corrected chi connectivity index (χ3v) is 4.63. The van der Waals surface area contributed by atoms with E-state index >= 15 is 0 Å². The zero-order valence-electron chi connectivity index (χ0n) is 16.8. The van der Waals surface area contributed by atoms with Crippen LogP contribution < -0.4 is 15.4 Å². The zero-order chi connectivity index (χ0) is 18.9. The summed E-state index contributed by atoms with van der Waals surface area (Å²) in [4.78, 5) is 8.91. The van der Waals surface area contributed by atoms with Crippen molar-refractivity contribution >= 4 is 41.3 Å². The summed E-state index contributed by atoms with van der Waals surface area (Å²) in [5.74, 6) is 2.67. The largest absolute Gasteiger partial charge is 0.493 e. The first-order valence-corrected chi connectivity index (χ1v) is 9.96. The first-order valence-electron chi connectivity index (χ1n) is 9.08. The van der Waals surface area contributed by atoms with Gasteiger partial charge in [0.25, 0.3) is 0 Å². The first kappa shape index (κ1) is 23.7. The number of benzene rings is 1. The van der Waals surface area contributed by atoms with Gasteiger partial charge in [-0.2, -0.15) is 0 Å². The van der Waals surface area contributed by atoms with Gasteiger partial charge in [-0.15, -0.1) is 35.3 Å². The second kappa shape index (κ2) is 12.2. The number of halogens is 1. The molecule has 1 aromatic heterocycles. The monoisotopic (exact) mass is 502 g/mol. The van der Waals surface area contributed by atoms with E-state index in [1.807, 2.05) is 12.1 Å². The van der Waals surface area contributed by atoms with Crippen LogP contribution in [0.1, 0.15) is 49.9 Å². The average Bonchev–Trinajstić information content (AvgIpc) is 3.10. The Morgan fingerprint density at radius 2 is 1.78 bits per heavy atom. The van der Waals surface area contributed by atoms with Gasteiger partial charge in [0, 0.05) is 19.0 Å². The van der Waals surface area contributed by atoms with Crippen molar-refractivity contribution in [3.63, 3.8) is 0 Å². The molecule has 0 saturated carbocycles. The van der Waals surface area contributed by atoms with Crippen molar-refractivity contribution in [2.45, 2.75) is 46.7 Å². The highest BCUT2D eigenvalue weighted by Crippen LogP contribution is 2.17. The highest BCUT2D eigenvalue weighted by molar-refractivity contribution is 14.0. The first-order chi connectivity index (χ1) is 12.5. The molecule has 0 radical (unpaired) electrons. The number of thiazole rings is 1. The Hall–Kier alpha value is -1.35. The van der Waals surface area contributed by atoms with E-state index in [1.54, 1.807) is 18.4 Å². The fraction of sp³-hybridized carbons (Fsp3) is 0.500. The molecule has 0 unspecified atom stereocenters. The van der Waals surface area contributed by atoms with E-state index in [0.29, 0.717) is 24.9 Å². The molecule has 7 heteroatoms. The Kier molecular flexibility index (Phi) is 10.7. The van der Waals surface area contributed by atoms with Crippen LogP contribution in [-0.4, -0.2) is 24.6 Å². The predicted octanol–water partition coefficient (Wildman–Crippen LogP) is 4.78. The van der Waals surface area contributed by atoms with E-state index in [-0.39, 0.29) is 24.0 Å². The van der Waals surface area contributed by atoms with Crippen LogP contribution in [-0.2, 0) is 13.1 Å². The topological polar surface area (TPSA) is 58.5 Å². The highest BCUT2D eigenvalue weighted by Gasteiger charge is 2.06. The molecule has 1 aromatic carbocycles. The van der Waals surface area contributed by atoms with Gasteiger partial charge < -0.3 is 15.4 Å². The molecule has 2 N–H and O–H groups in total. The standard InChI is InChI=1S/C20H30N4OS.HI/c1-14(2)12-25-17-8-6-16(7-9-17)10-22-20(21-5)23-11-19-24-18(13-26-19)15(3)4;/h6-9,13-15H,10-12H2,1-5H3,(H2,21,22,23);1H. The average molecular weight is 502 g/mol. The van der Waals surface area contributed by atoms with Gasteiger partial charge in [0.05, 0.1) is 18.8 Å². The number of ether oxygens (including phenoxy) is 1. The molecule has 27 heavy (non-hydrogen) atoms. The minimum Gasteiger partial charge on any atom is -0.493 e. The van der Waals surface area contributed by atoms with Crippen molar-refractivity contribution in [3.8, 4) is 5.75 Å². The normalized spacial score (nSPS) is 11.4. The maximum atomic E-state index is 5.71. The van der Waals surface area contributed by atoms with E-state index in [4.69, 9.17) is 4.74 Å². The highest BCUT2D eigenvalue weighted by atomic mass is 127. The molecule has 5 nitrogen and oxygen atoms in total. The number of nitrogens with zero attached hydrogens (tertiary/aromatic N) is 2. The molecule has 0 aliphatic rings. The Bertz CT molecular complexity index is 698.